The van der Waals surface area contributed by atoms with Gasteiger partial charge in [0.1, 0.15) is 5.82 Å². The van der Waals surface area contributed by atoms with Crippen LogP contribution in [0.3, 0.4) is 0 Å². The number of nitrogens with zero attached hydrogens (tertiary/aromatic N) is 2. The van der Waals surface area contributed by atoms with Crippen molar-refractivity contribution in [2.24, 2.45) is 5.73 Å². The number of pyridine rings is 2. The second-order valence-corrected chi connectivity index (χ2v) is 4.87. The minimum Gasteiger partial charge on any atom is -0.371 e. The fourth-order valence-electron chi connectivity index (χ4n) is 2.24. The number of nitrogens with two attached hydrogens (primary N) is 1. The minimum atomic E-state index is -0.760. The molecule has 3 rings (SSSR count). The van der Waals surface area contributed by atoms with E-state index in [1.54, 1.807) is 19.3 Å². The number of hydrogen-bond acceptors (Lipinski definition) is 5. The molecule has 0 fully saturated rings. The summed E-state index contributed by atoms with van der Waals surface area (Å²) in [5.41, 5.74) is 6.82. The molecular weight excluding hydrogens is 297 g/mol. The maximum absolute atomic E-state index is 13.8. The molecule has 0 radical (unpaired) electrons. The summed E-state index contributed by atoms with van der Waals surface area (Å²) in [4.78, 5) is 19.8. The van der Waals surface area contributed by atoms with Gasteiger partial charge in [-0.05, 0) is 30.3 Å². The number of fused-ring (bicyclic) bond motifs is 1. The first-order valence-electron chi connectivity index (χ1n) is 6.88. The van der Waals surface area contributed by atoms with Gasteiger partial charge in [0.05, 0.1) is 11.1 Å². The smallest absolute Gasteiger partial charge is 0.252 e. The maximum atomic E-state index is 13.8. The summed E-state index contributed by atoms with van der Waals surface area (Å²) < 4.78 is 13.8. The summed E-state index contributed by atoms with van der Waals surface area (Å²) in [7, 11) is 1.54. The average Bonchev–Trinajstić information content (AvgIpc) is 2.55. The second kappa shape index (κ2) is 5.88. The van der Waals surface area contributed by atoms with Gasteiger partial charge in [0.25, 0.3) is 5.91 Å². The second-order valence-electron chi connectivity index (χ2n) is 4.87. The molecule has 4 N–H and O–H groups in total. The Bertz CT molecular complexity index is 897. The number of halogens is 1. The Kier molecular flexibility index (Phi) is 3.76. The van der Waals surface area contributed by atoms with Crippen LogP contribution in [0.4, 0.5) is 21.7 Å². The van der Waals surface area contributed by atoms with Crippen LogP contribution >= 0.6 is 0 Å². The summed E-state index contributed by atoms with van der Waals surface area (Å²) in [5.74, 6) is -1.19. The number of carbonyl (C=O) groups is 1. The van der Waals surface area contributed by atoms with Gasteiger partial charge in [-0.2, -0.15) is 0 Å². The van der Waals surface area contributed by atoms with Crippen LogP contribution in [-0.2, 0) is 0 Å². The molecule has 7 heteroatoms. The lowest BCUT2D eigenvalue weighted by atomic mass is 10.2. The van der Waals surface area contributed by atoms with Gasteiger partial charge in [0.2, 0.25) is 0 Å². The fourth-order valence-corrected chi connectivity index (χ4v) is 2.24. The fraction of sp³-hybridized carbons (Fsp3) is 0.0625. The van der Waals surface area contributed by atoms with E-state index in [0.717, 1.165) is 17.0 Å². The van der Waals surface area contributed by atoms with Crippen molar-refractivity contribution < 1.29 is 9.18 Å². The van der Waals surface area contributed by atoms with Crippen molar-refractivity contribution in [1.82, 2.24) is 9.97 Å². The van der Waals surface area contributed by atoms with Crippen LogP contribution in [0.2, 0.25) is 0 Å². The number of anilines is 3. The van der Waals surface area contributed by atoms with Crippen molar-refractivity contribution in [1.29, 1.82) is 0 Å². The van der Waals surface area contributed by atoms with Crippen LogP contribution in [0, 0.1) is 5.82 Å². The standard InChI is InChI=1S/C16H14FN5O/c1-19-16-12(17)8-11(14(18)23)15(22-16)21-10-4-5-13-9(7-10)3-2-6-20-13/h2-8H,1H3,(H2,18,23)(H2,19,21,22). The van der Waals surface area contributed by atoms with Gasteiger partial charge in [-0.25, -0.2) is 9.37 Å². The third kappa shape index (κ3) is 2.89. The van der Waals surface area contributed by atoms with Gasteiger partial charge in [0.15, 0.2) is 11.6 Å². The van der Waals surface area contributed by atoms with E-state index in [9.17, 15) is 9.18 Å². The Morgan fingerprint density at radius 2 is 2.04 bits per heavy atom. The third-order valence-electron chi connectivity index (χ3n) is 3.34. The lowest BCUT2D eigenvalue weighted by molar-refractivity contribution is 0.100. The quantitative estimate of drug-likeness (QED) is 0.689. The van der Waals surface area contributed by atoms with E-state index >= 15 is 0 Å². The van der Waals surface area contributed by atoms with Crippen LogP contribution < -0.4 is 16.4 Å². The molecule has 2 aromatic heterocycles. The van der Waals surface area contributed by atoms with Crippen LogP contribution in [0.5, 0.6) is 0 Å². The van der Waals surface area contributed by atoms with Crippen molar-refractivity contribution in [3.63, 3.8) is 0 Å². The zero-order valence-corrected chi connectivity index (χ0v) is 12.3. The van der Waals surface area contributed by atoms with Crippen LogP contribution in [0.25, 0.3) is 10.9 Å². The largest absolute Gasteiger partial charge is 0.371 e. The monoisotopic (exact) mass is 311 g/mol. The third-order valence-corrected chi connectivity index (χ3v) is 3.34. The van der Waals surface area contributed by atoms with Crippen LogP contribution in [0.15, 0.2) is 42.6 Å². The lowest BCUT2D eigenvalue weighted by Crippen LogP contribution is -2.16. The van der Waals surface area contributed by atoms with E-state index < -0.39 is 11.7 Å². The molecule has 0 bridgehead atoms. The molecule has 0 saturated heterocycles. The Balaban J connectivity index is 2.04. The number of nitrogens with one attached hydrogen (secondary N) is 2. The summed E-state index contributed by atoms with van der Waals surface area (Å²) in [5, 5.41) is 6.56. The van der Waals surface area contributed by atoms with Gasteiger partial charge in [-0.15, -0.1) is 0 Å². The molecule has 0 saturated carbocycles. The van der Waals surface area contributed by atoms with Gasteiger partial charge >= 0.3 is 0 Å². The predicted molar refractivity (Wildman–Crippen MR) is 87.3 cm³/mol. The highest BCUT2D eigenvalue weighted by atomic mass is 19.1. The molecule has 6 nitrogen and oxygen atoms in total. The van der Waals surface area contributed by atoms with Crippen LogP contribution in [0.1, 0.15) is 10.4 Å². The molecule has 0 aliphatic rings. The van der Waals surface area contributed by atoms with Crippen molar-refractivity contribution in [3.05, 3.63) is 54.0 Å². The Morgan fingerprint density at radius 3 is 2.78 bits per heavy atom. The highest BCUT2D eigenvalue weighted by Crippen LogP contribution is 2.25. The Hall–Kier alpha value is -3.22. The molecule has 0 unspecified atom stereocenters. The average molecular weight is 311 g/mol. The number of aromatic nitrogens is 2. The molecule has 23 heavy (non-hydrogen) atoms. The molecule has 0 aliphatic carbocycles. The van der Waals surface area contributed by atoms with E-state index in [1.807, 2.05) is 24.3 Å². The van der Waals surface area contributed by atoms with Gasteiger partial charge < -0.3 is 16.4 Å². The number of primary amides is 1. The van der Waals surface area contributed by atoms with E-state index in [2.05, 4.69) is 20.6 Å². The van der Waals surface area contributed by atoms with E-state index in [-0.39, 0.29) is 17.2 Å². The van der Waals surface area contributed by atoms with Crippen molar-refractivity contribution in [3.8, 4) is 0 Å². The Labute approximate surface area is 131 Å². The summed E-state index contributed by atoms with van der Waals surface area (Å²) in [6, 6.07) is 10.3. The molecule has 0 aliphatic heterocycles. The van der Waals surface area contributed by atoms with E-state index in [0.29, 0.717) is 5.69 Å². The number of rotatable bonds is 4. The first kappa shape index (κ1) is 14.7. The zero-order chi connectivity index (χ0) is 16.4. The first-order chi connectivity index (χ1) is 11.1. The number of amides is 1. The molecule has 2 heterocycles. The highest BCUT2D eigenvalue weighted by molar-refractivity contribution is 5.99. The molecule has 0 spiro atoms. The summed E-state index contributed by atoms with van der Waals surface area (Å²) in [6.45, 7) is 0. The van der Waals surface area contributed by atoms with Gasteiger partial charge in [-0.1, -0.05) is 6.07 Å². The summed E-state index contributed by atoms with van der Waals surface area (Å²) in [6.07, 6.45) is 1.71. The minimum absolute atomic E-state index is 0.0206. The van der Waals surface area contributed by atoms with Crippen LogP contribution in [-0.4, -0.2) is 22.9 Å². The first-order valence-corrected chi connectivity index (χ1v) is 6.88. The Morgan fingerprint density at radius 1 is 1.22 bits per heavy atom. The molecule has 1 aromatic carbocycles. The lowest BCUT2D eigenvalue weighted by Gasteiger charge is -2.12. The zero-order valence-electron chi connectivity index (χ0n) is 12.3. The topological polar surface area (TPSA) is 92.9 Å². The van der Waals surface area contributed by atoms with E-state index in [1.165, 1.54) is 0 Å². The van der Waals surface area contributed by atoms with Crippen molar-refractivity contribution in [2.75, 3.05) is 17.7 Å². The van der Waals surface area contributed by atoms with Gasteiger partial charge in [-0.3, -0.25) is 9.78 Å². The number of carbonyl (C=O) groups excluding carboxylic acids is 1. The van der Waals surface area contributed by atoms with Crippen molar-refractivity contribution in [2.45, 2.75) is 0 Å². The normalized spacial score (nSPS) is 10.5. The van der Waals surface area contributed by atoms with Crippen molar-refractivity contribution >= 4 is 34.1 Å². The SMILES string of the molecule is CNc1nc(Nc2ccc3ncccc3c2)c(C(N)=O)cc1F. The van der Waals surface area contributed by atoms with Gasteiger partial charge in [0, 0.05) is 24.3 Å². The molecule has 116 valence electrons. The maximum Gasteiger partial charge on any atom is 0.252 e. The van der Waals surface area contributed by atoms with E-state index in [4.69, 9.17) is 5.73 Å². The molecule has 1 amide bonds. The molecule has 0 atom stereocenters. The summed E-state index contributed by atoms with van der Waals surface area (Å²) >= 11 is 0. The molecular formula is C16H14FN5O. The predicted octanol–water partition coefficient (Wildman–Crippen LogP) is 2.65. The highest BCUT2D eigenvalue weighted by Gasteiger charge is 2.15. The number of benzene rings is 1. The molecule has 3 aromatic rings. The number of hydrogen-bond donors (Lipinski definition) is 3.